The first-order chi connectivity index (χ1) is 15.5. The summed E-state index contributed by atoms with van der Waals surface area (Å²) in [4.78, 5) is 27.1. The van der Waals surface area contributed by atoms with E-state index in [9.17, 15) is 23.3 Å². The van der Waals surface area contributed by atoms with Gasteiger partial charge in [-0.2, -0.15) is 4.31 Å². The van der Waals surface area contributed by atoms with Crippen LogP contribution in [-0.4, -0.2) is 62.7 Å². The number of aryl methyl sites for hydroxylation is 1. The molecular weight excluding hydrogens is 444 g/mol. The van der Waals surface area contributed by atoms with Gasteiger partial charge in [-0.25, -0.2) is 8.42 Å². The number of nitro groups is 1. The number of hydrogen-bond acceptors (Lipinski definition) is 6. The molecule has 1 amide bonds. The summed E-state index contributed by atoms with van der Waals surface area (Å²) < 4.78 is 27.6. The molecule has 2 aromatic rings. The molecule has 1 fully saturated rings. The van der Waals surface area contributed by atoms with Gasteiger partial charge in [0, 0.05) is 64.5 Å². The second kappa shape index (κ2) is 9.88. The van der Waals surface area contributed by atoms with Gasteiger partial charge in [0.25, 0.3) is 5.69 Å². The number of sulfonamides is 1. The topological polar surface area (TPSA) is 104 Å². The van der Waals surface area contributed by atoms with E-state index in [1.165, 1.54) is 16.4 Å². The lowest BCUT2D eigenvalue weighted by Gasteiger charge is -2.32. The first-order valence-electron chi connectivity index (χ1n) is 10.8. The van der Waals surface area contributed by atoms with Crippen LogP contribution in [0.5, 0.6) is 0 Å². The molecule has 0 saturated carbocycles. The minimum absolute atomic E-state index is 0.00439. The highest BCUT2D eigenvalue weighted by Gasteiger charge is 2.34. The van der Waals surface area contributed by atoms with E-state index >= 15 is 0 Å². The summed E-state index contributed by atoms with van der Waals surface area (Å²) in [5, 5.41) is 11.1. The molecule has 0 radical (unpaired) electrons. The Labute approximate surface area is 194 Å². The quantitative estimate of drug-likeness (QED) is 0.451. The number of piperidine rings is 1. The Morgan fingerprint density at radius 2 is 1.70 bits per heavy atom. The second-order valence-corrected chi connectivity index (χ2v) is 10.5. The Balaban J connectivity index is 1.63. The van der Waals surface area contributed by atoms with Gasteiger partial charge in [-0.1, -0.05) is 18.2 Å². The molecular formula is C23H30N4O5S. The van der Waals surface area contributed by atoms with E-state index in [2.05, 4.69) is 0 Å². The molecule has 1 saturated heterocycles. The van der Waals surface area contributed by atoms with E-state index < -0.39 is 14.9 Å². The Morgan fingerprint density at radius 3 is 2.24 bits per heavy atom. The largest absolute Gasteiger partial charge is 0.378 e. The van der Waals surface area contributed by atoms with E-state index in [4.69, 9.17) is 0 Å². The van der Waals surface area contributed by atoms with Gasteiger partial charge in [0.15, 0.2) is 0 Å². The molecule has 0 aromatic heterocycles. The minimum atomic E-state index is -3.88. The normalized spacial score (nSPS) is 15.3. The standard InChI is InChI=1S/C23H30N4O5S/c1-17-5-8-21(27(29)30)15-22(17)33(31,32)26-13-11-19(12-14-26)23(28)25(4)16-18-6-9-20(10-7-18)24(2)3/h5-10,15,19H,11-14,16H2,1-4H3. The van der Waals surface area contributed by atoms with Gasteiger partial charge in [-0.15, -0.1) is 0 Å². The van der Waals surface area contributed by atoms with Crippen molar-refractivity contribution in [2.75, 3.05) is 39.1 Å². The number of non-ortho nitro benzene ring substituents is 1. The predicted molar refractivity (Wildman–Crippen MR) is 127 cm³/mol. The van der Waals surface area contributed by atoms with Gasteiger partial charge >= 0.3 is 0 Å². The van der Waals surface area contributed by atoms with Gasteiger partial charge in [0.2, 0.25) is 15.9 Å². The van der Waals surface area contributed by atoms with Crippen molar-refractivity contribution in [1.82, 2.24) is 9.21 Å². The second-order valence-electron chi connectivity index (χ2n) is 8.64. The molecule has 0 atom stereocenters. The van der Waals surface area contributed by atoms with Crippen LogP contribution in [0.3, 0.4) is 0 Å². The van der Waals surface area contributed by atoms with Crippen molar-refractivity contribution in [1.29, 1.82) is 0 Å². The predicted octanol–water partition coefficient (Wildman–Crippen LogP) is 3.03. The van der Waals surface area contributed by atoms with Gasteiger partial charge < -0.3 is 9.80 Å². The number of amides is 1. The third kappa shape index (κ3) is 5.51. The summed E-state index contributed by atoms with van der Waals surface area (Å²) in [5.74, 6) is -0.260. The molecule has 0 bridgehead atoms. The van der Waals surface area contributed by atoms with Crippen molar-refractivity contribution in [3.05, 3.63) is 63.7 Å². The van der Waals surface area contributed by atoms with Crippen LogP contribution in [0.1, 0.15) is 24.0 Å². The Kier molecular flexibility index (Phi) is 7.38. The van der Waals surface area contributed by atoms with E-state index in [1.54, 1.807) is 18.9 Å². The SMILES string of the molecule is Cc1ccc([N+](=O)[O-])cc1S(=O)(=O)N1CCC(C(=O)N(C)Cc2ccc(N(C)C)cc2)CC1. The maximum Gasteiger partial charge on any atom is 0.270 e. The van der Waals surface area contributed by atoms with E-state index in [1.807, 2.05) is 43.3 Å². The van der Waals surface area contributed by atoms with Crippen LogP contribution in [0.15, 0.2) is 47.4 Å². The minimum Gasteiger partial charge on any atom is -0.378 e. The average Bonchev–Trinajstić information content (AvgIpc) is 2.79. The van der Waals surface area contributed by atoms with Crippen LogP contribution in [0.2, 0.25) is 0 Å². The highest BCUT2D eigenvalue weighted by Crippen LogP contribution is 2.29. The lowest BCUT2D eigenvalue weighted by molar-refractivity contribution is -0.385. The van der Waals surface area contributed by atoms with Crippen LogP contribution in [-0.2, 0) is 21.4 Å². The molecule has 0 aliphatic carbocycles. The van der Waals surface area contributed by atoms with Gasteiger partial charge in [-0.3, -0.25) is 14.9 Å². The molecule has 1 aliphatic rings. The zero-order chi connectivity index (χ0) is 24.3. The van der Waals surface area contributed by atoms with Crippen molar-refractivity contribution in [2.45, 2.75) is 31.2 Å². The zero-order valence-corrected chi connectivity index (χ0v) is 20.2. The van der Waals surface area contributed by atoms with Crippen molar-refractivity contribution >= 4 is 27.3 Å². The van der Waals surface area contributed by atoms with Gasteiger partial charge in [0.05, 0.1) is 9.82 Å². The molecule has 178 valence electrons. The smallest absolute Gasteiger partial charge is 0.270 e. The Bertz CT molecular complexity index is 1120. The molecule has 2 aromatic carbocycles. The van der Waals surface area contributed by atoms with Crippen LogP contribution in [0.25, 0.3) is 0 Å². The van der Waals surface area contributed by atoms with Crippen molar-refractivity contribution in [2.24, 2.45) is 5.92 Å². The van der Waals surface area contributed by atoms with Crippen molar-refractivity contribution in [3.63, 3.8) is 0 Å². The number of benzene rings is 2. The lowest BCUT2D eigenvalue weighted by atomic mass is 9.96. The molecule has 9 nitrogen and oxygen atoms in total. The maximum absolute atomic E-state index is 13.1. The molecule has 0 unspecified atom stereocenters. The fraction of sp³-hybridized carbons (Fsp3) is 0.435. The fourth-order valence-corrected chi connectivity index (χ4v) is 5.74. The molecule has 3 rings (SSSR count). The van der Waals surface area contributed by atoms with Gasteiger partial charge in [0.1, 0.15) is 0 Å². The van der Waals surface area contributed by atoms with Crippen LogP contribution < -0.4 is 4.90 Å². The first-order valence-corrected chi connectivity index (χ1v) is 12.2. The first kappa shape index (κ1) is 24.7. The summed E-state index contributed by atoms with van der Waals surface area (Å²) in [6.07, 6.45) is 0.825. The van der Waals surface area contributed by atoms with Gasteiger partial charge in [-0.05, 0) is 43.0 Å². The number of anilines is 1. The van der Waals surface area contributed by atoms with E-state index in [0.29, 0.717) is 24.9 Å². The molecule has 0 spiro atoms. The summed E-state index contributed by atoms with van der Waals surface area (Å²) >= 11 is 0. The Morgan fingerprint density at radius 1 is 1.09 bits per heavy atom. The van der Waals surface area contributed by atoms with E-state index in [-0.39, 0.29) is 35.5 Å². The number of hydrogen-bond donors (Lipinski definition) is 0. The summed E-state index contributed by atoms with van der Waals surface area (Å²) in [5.41, 5.74) is 2.31. The van der Waals surface area contributed by atoms with Crippen LogP contribution >= 0.6 is 0 Å². The number of carbonyl (C=O) groups excluding carboxylic acids is 1. The van der Waals surface area contributed by atoms with Crippen LogP contribution in [0, 0.1) is 23.0 Å². The molecule has 1 heterocycles. The molecule has 0 N–H and O–H groups in total. The Hall–Kier alpha value is -2.98. The number of carbonyl (C=O) groups is 1. The van der Waals surface area contributed by atoms with Crippen molar-refractivity contribution < 1.29 is 18.1 Å². The molecule has 33 heavy (non-hydrogen) atoms. The third-order valence-electron chi connectivity index (χ3n) is 6.05. The number of rotatable bonds is 7. The average molecular weight is 475 g/mol. The number of nitro benzene ring substituents is 1. The van der Waals surface area contributed by atoms with E-state index in [0.717, 1.165) is 17.3 Å². The molecule has 1 aliphatic heterocycles. The third-order valence-corrected chi connectivity index (χ3v) is 8.09. The molecule has 10 heteroatoms. The monoisotopic (exact) mass is 474 g/mol. The summed E-state index contributed by atoms with van der Waals surface area (Å²) in [6, 6.07) is 11.9. The van der Waals surface area contributed by atoms with Crippen LogP contribution in [0.4, 0.5) is 11.4 Å². The lowest BCUT2D eigenvalue weighted by Crippen LogP contribution is -2.43. The highest BCUT2D eigenvalue weighted by molar-refractivity contribution is 7.89. The maximum atomic E-state index is 13.1. The zero-order valence-electron chi connectivity index (χ0n) is 19.4. The van der Waals surface area contributed by atoms with Crippen molar-refractivity contribution in [3.8, 4) is 0 Å². The summed E-state index contributed by atoms with van der Waals surface area (Å²) in [7, 11) is 1.82. The number of nitrogens with zero attached hydrogens (tertiary/aromatic N) is 4. The summed E-state index contributed by atoms with van der Waals surface area (Å²) in [6.45, 7) is 2.50. The highest BCUT2D eigenvalue weighted by atomic mass is 32.2. The fourth-order valence-electron chi connectivity index (χ4n) is 4.03.